The van der Waals surface area contributed by atoms with Crippen LogP contribution in [-0.4, -0.2) is 25.1 Å². The van der Waals surface area contributed by atoms with Crippen molar-refractivity contribution < 1.29 is 0 Å². The van der Waals surface area contributed by atoms with Gasteiger partial charge in [-0.3, -0.25) is 9.36 Å². The zero-order valence-corrected chi connectivity index (χ0v) is 14.3. The van der Waals surface area contributed by atoms with Crippen molar-refractivity contribution in [3.8, 4) is 0 Å². The third-order valence-electron chi connectivity index (χ3n) is 3.08. The van der Waals surface area contributed by atoms with E-state index in [1.165, 1.54) is 5.56 Å². The maximum atomic E-state index is 4.42. The van der Waals surface area contributed by atoms with Crippen LogP contribution in [0.4, 0.5) is 0 Å². The first-order valence-corrected chi connectivity index (χ1v) is 7.50. The molecule has 0 spiro atoms. The van der Waals surface area contributed by atoms with E-state index < -0.39 is 0 Å². The minimum absolute atomic E-state index is 0.115. The molecule has 0 saturated carbocycles. The van der Waals surface area contributed by atoms with Gasteiger partial charge in [0.2, 0.25) is 0 Å². The third kappa shape index (κ3) is 3.70. The summed E-state index contributed by atoms with van der Waals surface area (Å²) in [5.41, 5.74) is 3.43. The lowest BCUT2D eigenvalue weighted by atomic mass is 10.1. The number of rotatable bonds is 4. The minimum atomic E-state index is 0.115. The van der Waals surface area contributed by atoms with Crippen molar-refractivity contribution in [2.24, 2.45) is 7.05 Å². The van der Waals surface area contributed by atoms with Gasteiger partial charge in [-0.1, -0.05) is 0 Å². The molecule has 0 atom stereocenters. The summed E-state index contributed by atoms with van der Waals surface area (Å²) in [6, 6.07) is 0. The number of aryl methyl sites for hydroxylation is 2. The summed E-state index contributed by atoms with van der Waals surface area (Å²) in [5, 5.41) is 12.3. The zero-order chi connectivity index (χ0) is 14.9. The molecule has 2 aromatic rings. The Bertz CT molecular complexity index is 591. The molecule has 20 heavy (non-hydrogen) atoms. The van der Waals surface area contributed by atoms with Crippen LogP contribution in [0, 0.1) is 6.92 Å². The maximum Gasteiger partial charge on any atom is 0.0839 e. The Morgan fingerprint density at radius 2 is 2.05 bits per heavy atom. The van der Waals surface area contributed by atoms with Crippen LogP contribution in [0.5, 0.6) is 0 Å². The van der Waals surface area contributed by atoms with Crippen molar-refractivity contribution in [2.75, 3.05) is 0 Å². The lowest BCUT2D eigenvalue weighted by Crippen LogP contribution is -2.34. The van der Waals surface area contributed by atoms with Gasteiger partial charge in [-0.05, 0) is 43.6 Å². The smallest absolute Gasteiger partial charge is 0.0839 e. The van der Waals surface area contributed by atoms with Crippen LogP contribution in [0.3, 0.4) is 0 Å². The molecule has 0 aliphatic rings. The fourth-order valence-electron chi connectivity index (χ4n) is 1.96. The van der Waals surface area contributed by atoms with Crippen molar-refractivity contribution in [1.82, 2.24) is 24.9 Å². The highest BCUT2D eigenvalue weighted by Crippen LogP contribution is 2.21. The molecule has 0 aliphatic heterocycles. The van der Waals surface area contributed by atoms with Gasteiger partial charge < -0.3 is 5.32 Å². The van der Waals surface area contributed by atoms with Crippen LogP contribution < -0.4 is 5.32 Å². The van der Waals surface area contributed by atoms with Gasteiger partial charge in [0.1, 0.15) is 0 Å². The van der Waals surface area contributed by atoms with E-state index in [0.717, 1.165) is 22.4 Å². The zero-order valence-electron chi connectivity index (χ0n) is 12.7. The molecule has 0 saturated heterocycles. The van der Waals surface area contributed by atoms with Gasteiger partial charge >= 0.3 is 0 Å². The van der Waals surface area contributed by atoms with Crippen molar-refractivity contribution in [3.05, 3.63) is 33.8 Å². The van der Waals surface area contributed by atoms with Gasteiger partial charge in [0.25, 0.3) is 0 Å². The molecule has 6 heteroatoms. The highest BCUT2D eigenvalue weighted by atomic mass is 79.9. The molecule has 110 valence electrons. The monoisotopic (exact) mass is 339 g/mol. The first-order chi connectivity index (χ1) is 9.26. The van der Waals surface area contributed by atoms with Gasteiger partial charge in [0, 0.05) is 30.9 Å². The van der Waals surface area contributed by atoms with Crippen LogP contribution in [0.1, 0.15) is 37.7 Å². The van der Waals surface area contributed by atoms with Crippen LogP contribution >= 0.6 is 15.9 Å². The largest absolute Gasteiger partial charge is 0.308 e. The summed E-state index contributed by atoms with van der Waals surface area (Å²) in [5.74, 6) is 0. The van der Waals surface area contributed by atoms with Gasteiger partial charge in [0.15, 0.2) is 0 Å². The molecule has 2 aromatic heterocycles. The number of nitrogens with zero attached hydrogens (tertiary/aromatic N) is 4. The number of hydrogen-bond donors (Lipinski definition) is 1. The molecule has 0 fully saturated rings. The summed E-state index contributed by atoms with van der Waals surface area (Å²) < 4.78 is 4.90. The van der Waals surface area contributed by atoms with E-state index in [4.69, 9.17) is 0 Å². The normalized spacial score (nSPS) is 12.1. The standard InChI is InChI=1S/C14H22BrN5/c1-10-13(15)12(19(5)18-10)9-20-8-11(7-17-20)6-16-14(2,3)4/h7-8,16H,6,9H2,1-5H3. The van der Waals surface area contributed by atoms with E-state index in [0.29, 0.717) is 6.54 Å². The molecule has 0 unspecified atom stereocenters. The fourth-order valence-corrected chi connectivity index (χ4v) is 2.42. The Labute approximate surface area is 128 Å². The molecular weight excluding hydrogens is 318 g/mol. The van der Waals surface area contributed by atoms with Gasteiger partial charge in [-0.25, -0.2) is 0 Å². The summed E-state index contributed by atoms with van der Waals surface area (Å²) >= 11 is 3.59. The average Bonchev–Trinajstić information content (AvgIpc) is 2.87. The first kappa shape index (κ1) is 15.3. The van der Waals surface area contributed by atoms with Crippen LogP contribution in [0.2, 0.25) is 0 Å². The van der Waals surface area contributed by atoms with E-state index in [1.807, 2.05) is 29.5 Å². The van der Waals surface area contributed by atoms with Crippen LogP contribution in [0.15, 0.2) is 16.9 Å². The highest BCUT2D eigenvalue weighted by Gasteiger charge is 2.12. The van der Waals surface area contributed by atoms with E-state index in [1.54, 1.807) is 0 Å². The summed E-state index contributed by atoms with van der Waals surface area (Å²) in [6.45, 7) is 10.0. The molecule has 0 aromatic carbocycles. The molecule has 0 aliphatic carbocycles. The highest BCUT2D eigenvalue weighted by molar-refractivity contribution is 9.10. The number of nitrogens with one attached hydrogen (secondary N) is 1. The molecule has 2 rings (SSSR count). The predicted molar refractivity (Wildman–Crippen MR) is 83.6 cm³/mol. The van der Waals surface area contributed by atoms with E-state index >= 15 is 0 Å². The van der Waals surface area contributed by atoms with Crippen LogP contribution in [0.25, 0.3) is 0 Å². The molecule has 2 heterocycles. The Morgan fingerprint density at radius 1 is 1.35 bits per heavy atom. The number of hydrogen-bond acceptors (Lipinski definition) is 3. The van der Waals surface area contributed by atoms with E-state index in [-0.39, 0.29) is 5.54 Å². The first-order valence-electron chi connectivity index (χ1n) is 6.70. The predicted octanol–water partition coefficient (Wildman–Crippen LogP) is 2.62. The van der Waals surface area contributed by atoms with E-state index in [9.17, 15) is 0 Å². The Morgan fingerprint density at radius 3 is 2.60 bits per heavy atom. The van der Waals surface area contributed by atoms with Crippen molar-refractivity contribution in [3.63, 3.8) is 0 Å². The lowest BCUT2D eigenvalue weighted by Gasteiger charge is -2.19. The molecule has 0 bridgehead atoms. The Kier molecular flexibility index (Phi) is 4.34. The molecule has 0 radical (unpaired) electrons. The molecule has 1 N–H and O–H groups in total. The van der Waals surface area contributed by atoms with Crippen molar-refractivity contribution in [2.45, 2.75) is 46.3 Å². The quantitative estimate of drug-likeness (QED) is 0.931. The van der Waals surface area contributed by atoms with Gasteiger partial charge in [-0.2, -0.15) is 10.2 Å². The Hall–Kier alpha value is -1.14. The Balaban J connectivity index is 2.06. The average molecular weight is 340 g/mol. The number of aromatic nitrogens is 4. The van der Waals surface area contributed by atoms with Crippen LogP contribution in [-0.2, 0) is 20.1 Å². The second-order valence-corrected chi connectivity index (χ2v) is 6.91. The second-order valence-electron chi connectivity index (χ2n) is 6.12. The van der Waals surface area contributed by atoms with Gasteiger partial charge in [-0.15, -0.1) is 0 Å². The summed E-state index contributed by atoms with van der Waals surface area (Å²) in [6.07, 6.45) is 3.99. The SMILES string of the molecule is Cc1nn(C)c(Cn2cc(CNC(C)(C)C)cn2)c1Br. The van der Waals surface area contributed by atoms with Gasteiger partial charge in [0.05, 0.1) is 28.6 Å². The topological polar surface area (TPSA) is 47.7 Å². The maximum absolute atomic E-state index is 4.42. The molecule has 5 nitrogen and oxygen atoms in total. The van der Waals surface area contributed by atoms with E-state index in [2.05, 4.69) is 58.4 Å². The van der Waals surface area contributed by atoms with Crippen molar-refractivity contribution in [1.29, 1.82) is 0 Å². The van der Waals surface area contributed by atoms with Crippen molar-refractivity contribution >= 4 is 15.9 Å². The third-order valence-corrected chi connectivity index (χ3v) is 4.11. The summed E-state index contributed by atoms with van der Waals surface area (Å²) in [4.78, 5) is 0. The minimum Gasteiger partial charge on any atom is -0.308 e. The number of halogens is 1. The fraction of sp³-hybridized carbons (Fsp3) is 0.571. The molecular formula is C14H22BrN5. The second kappa shape index (κ2) is 5.69. The summed E-state index contributed by atoms with van der Waals surface area (Å²) in [7, 11) is 1.96. The lowest BCUT2D eigenvalue weighted by molar-refractivity contribution is 0.424. The molecule has 0 amide bonds.